The van der Waals surface area contributed by atoms with Crippen LogP contribution in [-0.4, -0.2) is 12.3 Å². The monoisotopic (exact) mass is 147 g/mol. The van der Waals surface area contributed by atoms with Crippen LogP contribution < -0.4 is 0 Å². The predicted molar refractivity (Wildman–Crippen MR) is 49.9 cm³/mol. The molecule has 0 spiro atoms. The first-order valence-electron chi connectivity index (χ1n) is 3.84. The SMILES string of the molecule is C=CC1C=CC=CC1N=CC. The van der Waals surface area contributed by atoms with E-state index in [-0.39, 0.29) is 6.04 Å². The van der Waals surface area contributed by atoms with Crippen LogP contribution in [0.25, 0.3) is 0 Å². The number of hydrogen-bond acceptors (Lipinski definition) is 1. The maximum Gasteiger partial charge on any atom is 0.0776 e. The van der Waals surface area contributed by atoms with Gasteiger partial charge in [0.05, 0.1) is 6.04 Å². The summed E-state index contributed by atoms with van der Waals surface area (Å²) in [5.74, 6) is 0.371. The van der Waals surface area contributed by atoms with Gasteiger partial charge in [0.2, 0.25) is 0 Å². The molecule has 0 aromatic heterocycles. The Kier molecular flexibility index (Phi) is 2.84. The first-order chi connectivity index (χ1) is 5.38. The Bertz CT molecular complexity index is 211. The summed E-state index contributed by atoms with van der Waals surface area (Å²) in [6.45, 7) is 5.69. The molecule has 1 heteroatoms. The third-order valence-corrected chi connectivity index (χ3v) is 1.74. The highest BCUT2D eigenvalue weighted by atomic mass is 14.8. The molecule has 0 fully saturated rings. The van der Waals surface area contributed by atoms with Crippen molar-refractivity contribution in [2.24, 2.45) is 10.9 Å². The van der Waals surface area contributed by atoms with E-state index in [2.05, 4.69) is 23.7 Å². The molecule has 0 aliphatic heterocycles. The summed E-state index contributed by atoms with van der Waals surface area (Å²) in [7, 11) is 0. The third-order valence-electron chi connectivity index (χ3n) is 1.74. The van der Waals surface area contributed by atoms with E-state index in [1.807, 2.05) is 31.4 Å². The molecular weight excluding hydrogens is 134 g/mol. The topological polar surface area (TPSA) is 12.4 Å². The second-order valence-electron chi connectivity index (χ2n) is 2.48. The summed E-state index contributed by atoms with van der Waals surface area (Å²) < 4.78 is 0. The second kappa shape index (κ2) is 3.91. The molecule has 0 aromatic rings. The first kappa shape index (κ1) is 7.99. The smallest absolute Gasteiger partial charge is 0.0776 e. The third kappa shape index (κ3) is 1.90. The van der Waals surface area contributed by atoms with Gasteiger partial charge >= 0.3 is 0 Å². The van der Waals surface area contributed by atoms with E-state index in [9.17, 15) is 0 Å². The quantitative estimate of drug-likeness (QED) is 0.420. The van der Waals surface area contributed by atoms with Gasteiger partial charge in [-0.25, -0.2) is 0 Å². The van der Waals surface area contributed by atoms with Crippen molar-refractivity contribution in [2.75, 3.05) is 0 Å². The summed E-state index contributed by atoms with van der Waals surface area (Å²) in [5, 5.41) is 0. The second-order valence-corrected chi connectivity index (χ2v) is 2.48. The van der Waals surface area contributed by atoms with Crippen LogP contribution in [0.1, 0.15) is 6.92 Å². The van der Waals surface area contributed by atoms with Crippen LogP contribution in [0.2, 0.25) is 0 Å². The molecule has 0 saturated heterocycles. The molecule has 0 radical (unpaired) electrons. The lowest BCUT2D eigenvalue weighted by Gasteiger charge is -2.15. The van der Waals surface area contributed by atoms with Crippen LogP contribution in [0, 0.1) is 5.92 Å². The molecule has 2 atom stereocenters. The number of allylic oxidation sites excluding steroid dienone is 2. The van der Waals surface area contributed by atoms with Crippen molar-refractivity contribution in [3.05, 3.63) is 37.0 Å². The van der Waals surface area contributed by atoms with Crippen LogP contribution in [0.4, 0.5) is 0 Å². The van der Waals surface area contributed by atoms with Gasteiger partial charge in [-0.2, -0.15) is 0 Å². The molecule has 1 rings (SSSR count). The lowest BCUT2D eigenvalue weighted by Crippen LogP contribution is -2.13. The molecule has 0 bridgehead atoms. The Morgan fingerprint density at radius 2 is 2.09 bits per heavy atom. The van der Waals surface area contributed by atoms with Gasteiger partial charge in [0.15, 0.2) is 0 Å². The zero-order valence-corrected chi connectivity index (χ0v) is 6.77. The lowest BCUT2D eigenvalue weighted by atomic mass is 9.96. The molecule has 0 saturated carbocycles. The van der Waals surface area contributed by atoms with Crippen LogP contribution in [-0.2, 0) is 0 Å². The van der Waals surface area contributed by atoms with Crippen molar-refractivity contribution in [3.63, 3.8) is 0 Å². The zero-order valence-electron chi connectivity index (χ0n) is 6.77. The van der Waals surface area contributed by atoms with Gasteiger partial charge in [-0.1, -0.05) is 30.4 Å². The van der Waals surface area contributed by atoms with E-state index in [0.29, 0.717) is 5.92 Å². The highest BCUT2D eigenvalue weighted by molar-refractivity contribution is 5.54. The highest BCUT2D eigenvalue weighted by Crippen LogP contribution is 2.16. The zero-order chi connectivity index (χ0) is 8.10. The van der Waals surface area contributed by atoms with Crippen LogP contribution in [0.3, 0.4) is 0 Å². The Labute approximate surface area is 67.8 Å². The molecule has 58 valence electrons. The maximum atomic E-state index is 4.30. The van der Waals surface area contributed by atoms with Crippen molar-refractivity contribution in [3.8, 4) is 0 Å². The Hall–Kier alpha value is -1.11. The molecule has 1 aliphatic carbocycles. The van der Waals surface area contributed by atoms with Gasteiger partial charge in [-0.05, 0) is 13.1 Å². The normalized spacial score (nSPS) is 29.5. The fraction of sp³-hybridized carbons (Fsp3) is 0.300. The first-order valence-corrected chi connectivity index (χ1v) is 3.84. The summed E-state index contributed by atoms with van der Waals surface area (Å²) in [6, 6.07) is 0.266. The highest BCUT2D eigenvalue weighted by Gasteiger charge is 2.12. The number of hydrogen-bond donors (Lipinski definition) is 0. The minimum absolute atomic E-state index is 0.266. The van der Waals surface area contributed by atoms with Gasteiger partial charge in [-0.3, -0.25) is 4.99 Å². The van der Waals surface area contributed by atoms with E-state index in [1.165, 1.54) is 0 Å². The van der Waals surface area contributed by atoms with Gasteiger partial charge < -0.3 is 0 Å². The van der Waals surface area contributed by atoms with Crippen molar-refractivity contribution in [1.82, 2.24) is 0 Å². The Morgan fingerprint density at radius 1 is 1.36 bits per heavy atom. The summed E-state index contributed by atoms with van der Waals surface area (Å²) in [5.41, 5.74) is 0. The van der Waals surface area contributed by atoms with Crippen LogP contribution in [0.15, 0.2) is 42.0 Å². The predicted octanol–water partition coefficient (Wildman–Crippen LogP) is 2.37. The van der Waals surface area contributed by atoms with Crippen molar-refractivity contribution >= 4 is 6.21 Å². The number of aliphatic imine (C=N–C) groups is 1. The lowest BCUT2D eigenvalue weighted by molar-refractivity contribution is 0.690. The minimum atomic E-state index is 0.266. The molecular formula is C10H13N. The van der Waals surface area contributed by atoms with Crippen LogP contribution >= 0.6 is 0 Å². The summed E-state index contributed by atoms with van der Waals surface area (Å²) in [6.07, 6.45) is 12.0. The molecule has 0 aromatic carbocycles. The largest absolute Gasteiger partial charge is 0.289 e. The van der Waals surface area contributed by atoms with E-state index < -0.39 is 0 Å². The van der Waals surface area contributed by atoms with Gasteiger partial charge in [0, 0.05) is 5.92 Å². The Morgan fingerprint density at radius 3 is 2.73 bits per heavy atom. The number of rotatable bonds is 2. The minimum Gasteiger partial charge on any atom is -0.289 e. The van der Waals surface area contributed by atoms with Crippen molar-refractivity contribution in [1.29, 1.82) is 0 Å². The summed E-state index contributed by atoms with van der Waals surface area (Å²) in [4.78, 5) is 4.30. The van der Waals surface area contributed by atoms with Crippen LogP contribution in [0.5, 0.6) is 0 Å². The van der Waals surface area contributed by atoms with E-state index in [4.69, 9.17) is 0 Å². The fourth-order valence-corrected chi connectivity index (χ4v) is 1.15. The molecule has 0 heterocycles. The molecule has 1 nitrogen and oxygen atoms in total. The molecule has 0 N–H and O–H groups in total. The summed E-state index contributed by atoms with van der Waals surface area (Å²) >= 11 is 0. The van der Waals surface area contributed by atoms with Crippen molar-refractivity contribution < 1.29 is 0 Å². The van der Waals surface area contributed by atoms with E-state index in [1.54, 1.807) is 0 Å². The molecule has 11 heavy (non-hydrogen) atoms. The van der Waals surface area contributed by atoms with Gasteiger partial charge in [-0.15, -0.1) is 6.58 Å². The molecule has 1 aliphatic rings. The fourth-order valence-electron chi connectivity index (χ4n) is 1.15. The maximum absolute atomic E-state index is 4.30. The van der Waals surface area contributed by atoms with E-state index in [0.717, 1.165) is 0 Å². The Balaban J connectivity index is 2.70. The van der Waals surface area contributed by atoms with Gasteiger partial charge in [0.1, 0.15) is 0 Å². The van der Waals surface area contributed by atoms with Crippen molar-refractivity contribution in [2.45, 2.75) is 13.0 Å². The molecule has 2 unspecified atom stereocenters. The number of nitrogens with zero attached hydrogens (tertiary/aromatic N) is 1. The average Bonchev–Trinajstić information content (AvgIpc) is 2.06. The molecule has 0 amide bonds. The standard InChI is InChI=1S/C10H13N/c1-3-9-7-5-6-8-10(9)11-4-2/h3-10H,1H2,2H3. The average molecular weight is 147 g/mol. The van der Waals surface area contributed by atoms with Gasteiger partial charge in [0.25, 0.3) is 0 Å². The van der Waals surface area contributed by atoms with E-state index >= 15 is 0 Å².